The van der Waals surface area contributed by atoms with Crippen molar-refractivity contribution in [2.24, 2.45) is 0 Å². The Kier molecular flexibility index (Phi) is 4.20. The van der Waals surface area contributed by atoms with E-state index in [1.165, 1.54) is 13.2 Å². The van der Waals surface area contributed by atoms with Gasteiger partial charge in [0.25, 0.3) is 0 Å². The van der Waals surface area contributed by atoms with E-state index < -0.39 is 0 Å². The molecule has 0 fully saturated rings. The lowest BCUT2D eigenvalue weighted by atomic mass is 10.2. The molecule has 0 spiro atoms. The molecule has 0 saturated heterocycles. The molecule has 1 aromatic rings. The van der Waals surface area contributed by atoms with Crippen molar-refractivity contribution in [3.8, 4) is 0 Å². The first-order valence-corrected chi connectivity index (χ1v) is 5.47. The monoisotopic (exact) mass is 384 g/mol. The minimum absolute atomic E-state index is 0.788. The van der Waals surface area contributed by atoms with Gasteiger partial charge in [-0.25, -0.2) is 0 Å². The summed E-state index contributed by atoms with van der Waals surface area (Å²) in [6.45, 7) is 0. The van der Waals surface area contributed by atoms with Crippen molar-refractivity contribution < 1.29 is 4.79 Å². The van der Waals surface area contributed by atoms with Crippen LogP contribution in [-0.2, 0) is 4.79 Å². The van der Waals surface area contributed by atoms with E-state index in [4.69, 9.17) is 0 Å². The number of carbonyl (C=O) groups excluding carboxylic acids is 1. The Morgan fingerprint density at radius 2 is 2.00 bits per heavy atom. The third kappa shape index (κ3) is 2.55. The first kappa shape index (κ1) is 10.2. The number of halogens is 2. The fourth-order valence-electron chi connectivity index (χ4n) is 0.792. The molecule has 0 amide bonds. The summed E-state index contributed by atoms with van der Waals surface area (Å²) in [5.41, 5.74) is 1.09. The Balaban J connectivity index is 3.07. The van der Waals surface area contributed by atoms with Crippen molar-refractivity contribution in [2.75, 3.05) is 0 Å². The van der Waals surface area contributed by atoms with Crippen LogP contribution in [0.25, 0.3) is 6.08 Å². The molecular weight excluding hydrogens is 378 g/mol. The van der Waals surface area contributed by atoms with Crippen molar-refractivity contribution in [3.05, 3.63) is 37.0 Å². The Bertz CT molecular complexity index is 318. The first-order chi connectivity index (χ1) is 5.75. The van der Waals surface area contributed by atoms with E-state index >= 15 is 0 Å². The molecule has 62 valence electrons. The van der Waals surface area contributed by atoms with Gasteiger partial charge in [0.15, 0.2) is 0 Å². The third-order valence-electron chi connectivity index (χ3n) is 1.34. The quantitative estimate of drug-likeness (QED) is 0.435. The normalized spacial score (nSPS) is 10.5. The second kappa shape index (κ2) is 4.96. The van der Waals surface area contributed by atoms with Crippen molar-refractivity contribution in [2.45, 2.75) is 0 Å². The van der Waals surface area contributed by atoms with Crippen LogP contribution in [0.3, 0.4) is 0 Å². The Hall–Kier alpha value is 0.0900. The highest BCUT2D eigenvalue weighted by atomic mass is 127. The maximum atomic E-state index is 10.1. The van der Waals surface area contributed by atoms with E-state index in [9.17, 15) is 4.79 Å². The van der Waals surface area contributed by atoms with Crippen molar-refractivity contribution in [1.82, 2.24) is 0 Å². The van der Waals surface area contributed by atoms with E-state index in [-0.39, 0.29) is 0 Å². The van der Waals surface area contributed by atoms with Crippen LogP contribution in [0, 0.1) is 7.14 Å². The van der Waals surface area contributed by atoms with Crippen LogP contribution in [0.5, 0.6) is 0 Å². The third-order valence-corrected chi connectivity index (χ3v) is 4.47. The average Bonchev–Trinajstić information content (AvgIpc) is 2.08. The van der Waals surface area contributed by atoms with E-state index in [1.54, 1.807) is 0 Å². The number of hydrogen-bond acceptors (Lipinski definition) is 1. The summed E-state index contributed by atoms with van der Waals surface area (Å²) in [7, 11) is 0. The van der Waals surface area contributed by atoms with Crippen molar-refractivity contribution >= 4 is 57.5 Å². The number of hydrogen-bond donors (Lipinski definition) is 0. The van der Waals surface area contributed by atoms with Gasteiger partial charge in [-0.3, -0.25) is 4.79 Å². The SMILES string of the molecule is O=C/C=C/c1cccc(I)c1I. The summed E-state index contributed by atoms with van der Waals surface area (Å²) in [5.74, 6) is 0. The summed E-state index contributed by atoms with van der Waals surface area (Å²) >= 11 is 4.54. The van der Waals surface area contributed by atoms with E-state index in [1.807, 2.05) is 24.3 Å². The second-order valence-corrected chi connectivity index (χ2v) is 4.38. The van der Waals surface area contributed by atoms with E-state index in [0.717, 1.165) is 11.8 Å². The van der Waals surface area contributed by atoms with E-state index in [2.05, 4.69) is 45.2 Å². The summed E-state index contributed by atoms with van der Waals surface area (Å²) in [5, 5.41) is 0. The Labute approximate surface area is 98.5 Å². The fraction of sp³-hybridized carbons (Fsp3) is 0. The zero-order valence-corrected chi connectivity index (χ0v) is 10.4. The summed E-state index contributed by atoms with van der Waals surface area (Å²) in [6.07, 6.45) is 4.11. The molecule has 0 aromatic heterocycles. The summed E-state index contributed by atoms with van der Waals surface area (Å²) in [6, 6.07) is 6.01. The van der Waals surface area contributed by atoms with Gasteiger partial charge in [0.1, 0.15) is 6.29 Å². The lowest BCUT2D eigenvalue weighted by molar-refractivity contribution is -0.104. The smallest absolute Gasteiger partial charge is 0.142 e. The predicted octanol–water partition coefficient (Wildman–Crippen LogP) is 3.11. The molecule has 3 heteroatoms. The van der Waals surface area contributed by atoms with Gasteiger partial charge in [-0.2, -0.15) is 0 Å². The van der Waals surface area contributed by atoms with Crippen LogP contribution < -0.4 is 0 Å². The molecule has 0 unspecified atom stereocenters. The second-order valence-electron chi connectivity index (χ2n) is 2.14. The Morgan fingerprint density at radius 3 is 2.67 bits per heavy atom. The lowest BCUT2D eigenvalue weighted by Gasteiger charge is -1.99. The average molecular weight is 384 g/mol. The zero-order valence-electron chi connectivity index (χ0n) is 6.13. The minimum Gasteiger partial charge on any atom is -0.299 e. The number of carbonyl (C=O) groups is 1. The largest absolute Gasteiger partial charge is 0.299 e. The number of benzene rings is 1. The predicted molar refractivity (Wildman–Crippen MR) is 67.0 cm³/mol. The van der Waals surface area contributed by atoms with Gasteiger partial charge in [-0.15, -0.1) is 0 Å². The lowest BCUT2D eigenvalue weighted by Crippen LogP contribution is -1.83. The molecule has 0 aliphatic rings. The van der Waals surface area contributed by atoms with Gasteiger partial charge in [-0.05, 0) is 62.9 Å². The molecule has 12 heavy (non-hydrogen) atoms. The highest BCUT2D eigenvalue weighted by molar-refractivity contribution is 14.1. The molecule has 1 aromatic carbocycles. The molecule has 0 radical (unpaired) electrons. The topological polar surface area (TPSA) is 17.1 Å². The van der Waals surface area contributed by atoms with Gasteiger partial charge in [-0.1, -0.05) is 18.2 Å². The maximum absolute atomic E-state index is 10.1. The van der Waals surface area contributed by atoms with Crippen LogP contribution in [0.2, 0.25) is 0 Å². The summed E-state index contributed by atoms with van der Waals surface area (Å²) < 4.78 is 2.40. The standard InChI is InChI=1S/C9H6I2O/c10-8-5-1-3-7(9(8)11)4-2-6-12/h1-6H/b4-2+. The van der Waals surface area contributed by atoms with Gasteiger partial charge < -0.3 is 0 Å². The van der Waals surface area contributed by atoms with Gasteiger partial charge in [0, 0.05) is 7.14 Å². The molecular formula is C9H6I2O. The minimum atomic E-state index is 0.788. The number of aldehydes is 1. The fourth-order valence-corrected chi connectivity index (χ4v) is 1.85. The molecule has 0 heterocycles. The van der Waals surface area contributed by atoms with E-state index in [0.29, 0.717) is 0 Å². The van der Waals surface area contributed by atoms with Crippen LogP contribution in [-0.4, -0.2) is 6.29 Å². The van der Waals surface area contributed by atoms with Crippen LogP contribution in [0.15, 0.2) is 24.3 Å². The van der Waals surface area contributed by atoms with Crippen LogP contribution >= 0.6 is 45.2 Å². The zero-order chi connectivity index (χ0) is 8.97. The number of rotatable bonds is 2. The Morgan fingerprint density at radius 1 is 1.25 bits per heavy atom. The molecule has 0 N–H and O–H groups in total. The molecule has 0 aliphatic carbocycles. The van der Waals surface area contributed by atoms with Crippen molar-refractivity contribution in [3.63, 3.8) is 0 Å². The highest BCUT2D eigenvalue weighted by Crippen LogP contribution is 2.19. The first-order valence-electron chi connectivity index (χ1n) is 3.31. The van der Waals surface area contributed by atoms with Crippen LogP contribution in [0.1, 0.15) is 5.56 Å². The van der Waals surface area contributed by atoms with Gasteiger partial charge >= 0.3 is 0 Å². The van der Waals surface area contributed by atoms with Gasteiger partial charge in [0.2, 0.25) is 0 Å². The highest BCUT2D eigenvalue weighted by Gasteiger charge is 1.98. The van der Waals surface area contributed by atoms with Gasteiger partial charge in [0.05, 0.1) is 0 Å². The molecule has 0 saturated carbocycles. The molecule has 1 rings (SSSR count). The van der Waals surface area contributed by atoms with Crippen LogP contribution in [0.4, 0.5) is 0 Å². The molecule has 0 bridgehead atoms. The molecule has 1 nitrogen and oxygen atoms in total. The molecule has 0 atom stereocenters. The van der Waals surface area contributed by atoms with Crippen molar-refractivity contribution in [1.29, 1.82) is 0 Å². The number of allylic oxidation sites excluding steroid dienone is 1. The molecule has 0 aliphatic heterocycles. The summed E-state index contributed by atoms with van der Waals surface area (Å²) in [4.78, 5) is 10.1. The maximum Gasteiger partial charge on any atom is 0.142 e.